The molecule has 66 valence electrons. The summed E-state index contributed by atoms with van der Waals surface area (Å²) >= 11 is 0. The maximum Gasteiger partial charge on any atom is 0.236 e. The van der Waals surface area contributed by atoms with Gasteiger partial charge in [0.15, 0.2) is 0 Å². The monoisotopic (exact) mass is 169 g/mol. The lowest BCUT2D eigenvalue weighted by molar-refractivity contribution is -0.122. The molecule has 1 amide bonds. The van der Waals surface area contributed by atoms with Crippen molar-refractivity contribution in [3.05, 3.63) is 11.9 Å². The minimum absolute atomic E-state index is 0.196. The van der Waals surface area contributed by atoms with Gasteiger partial charge in [0.2, 0.25) is 5.91 Å². The average molecular weight is 169 g/mol. The van der Waals surface area contributed by atoms with Crippen LogP contribution in [0.4, 0.5) is 0 Å². The van der Waals surface area contributed by atoms with Crippen LogP contribution in [0.1, 0.15) is 12.6 Å². The zero-order valence-electron chi connectivity index (χ0n) is 6.74. The first-order chi connectivity index (χ1) is 5.70. The van der Waals surface area contributed by atoms with Crippen molar-refractivity contribution in [3.8, 4) is 0 Å². The van der Waals surface area contributed by atoms with E-state index in [1.807, 2.05) is 0 Å². The van der Waals surface area contributed by atoms with Gasteiger partial charge in [-0.1, -0.05) is 0 Å². The van der Waals surface area contributed by atoms with E-state index in [2.05, 4.69) is 20.7 Å². The molecule has 1 rings (SSSR count). The number of hydrogen-bond acceptors (Lipinski definition) is 4. The van der Waals surface area contributed by atoms with Crippen LogP contribution in [0.25, 0.3) is 0 Å². The Bertz CT molecular complexity index is 242. The fourth-order valence-electron chi connectivity index (χ4n) is 0.649. The lowest BCUT2D eigenvalue weighted by Crippen LogP contribution is -2.37. The molecule has 0 aliphatic rings. The Morgan fingerprint density at radius 2 is 2.67 bits per heavy atom. The number of carbonyl (C=O) groups is 1. The number of amides is 1. The number of aromatic nitrogens is 3. The summed E-state index contributed by atoms with van der Waals surface area (Å²) in [7, 11) is 0. The van der Waals surface area contributed by atoms with Gasteiger partial charge in [0.1, 0.15) is 5.69 Å². The zero-order chi connectivity index (χ0) is 8.97. The molecule has 1 unspecified atom stereocenters. The van der Waals surface area contributed by atoms with Crippen LogP contribution < -0.4 is 11.1 Å². The maximum absolute atomic E-state index is 10.9. The smallest absolute Gasteiger partial charge is 0.236 e. The highest BCUT2D eigenvalue weighted by Crippen LogP contribution is 1.87. The molecule has 6 heteroatoms. The van der Waals surface area contributed by atoms with Crippen molar-refractivity contribution in [2.75, 3.05) is 0 Å². The van der Waals surface area contributed by atoms with Crippen LogP contribution in [0.3, 0.4) is 0 Å². The lowest BCUT2D eigenvalue weighted by Gasteiger charge is -2.04. The molecule has 0 aliphatic carbocycles. The second-order valence-corrected chi connectivity index (χ2v) is 2.47. The third-order valence-electron chi connectivity index (χ3n) is 1.32. The fraction of sp³-hybridized carbons (Fsp3) is 0.500. The SMILES string of the molecule is CC(N)C(=O)NCc1cn[nH]n1. The van der Waals surface area contributed by atoms with Gasteiger partial charge in [0, 0.05) is 0 Å². The molecule has 0 radical (unpaired) electrons. The number of hydrogen-bond donors (Lipinski definition) is 3. The van der Waals surface area contributed by atoms with Crippen LogP contribution in [0, 0.1) is 0 Å². The molecule has 1 atom stereocenters. The van der Waals surface area contributed by atoms with Crippen LogP contribution >= 0.6 is 0 Å². The molecule has 1 aromatic heterocycles. The molecular weight excluding hydrogens is 158 g/mol. The van der Waals surface area contributed by atoms with Gasteiger partial charge in [-0.25, -0.2) is 0 Å². The van der Waals surface area contributed by atoms with Gasteiger partial charge in [-0.15, -0.1) is 0 Å². The van der Waals surface area contributed by atoms with Gasteiger partial charge in [-0.3, -0.25) is 4.79 Å². The van der Waals surface area contributed by atoms with E-state index in [-0.39, 0.29) is 5.91 Å². The molecule has 6 nitrogen and oxygen atoms in total. The minimum atomic E-state index is -0.489. The number of nitrogens with two attached hydrogens (primary N) is 1. The first-order valence-corrected chi connectivity index (χ1v) is 3.58. The van der Waals surface area contributed by atoms with Gasteiger partial charge in [-0.05, 0) is 6.92 Å². The normalized spacial score (nSPS) is 12.5. The largest absolute Gasteiger partial charge is 0.349 e. The topological polar surface area (TPSA) is 96.7 Å². The molecular formula is C6H11N5O. The highest BCUT2D eigenvalue weighted by molar-refractivity contribution is 5.80. The Hall–Kier alpha value is -1.43. The summed E-state index contributed by atoms with van der Waals surface area (Å²) in [6.45, 7) is 1.98. The minimum Gasteiger partial charge on any atom is -0.349 e. The number of nitrogens with one attached hydrogen (secondary N) is 2. The first-order valence-electron chi connectivity index (χ1n) is 3.58. The third-order valence-corrected chi connectivity index (χ3v) is 1.32. The number of rotatable bonds is 3. The molecule has 12 heavy (non-hydrogen) atoms. The van der Waals surface area contributed by atoms with Crippen molar-refractivity contribution in [1.82, 2.24) is 20.7 Å². The Morgan fingerprint density at radius 1 is 1.92 bits per heavy atom. The lowest BCUT2D eigenvalue weighted by atomic mass is 10.3. The number of nitrogens with zero attached hydrogens (tertiary/aromatic N) is 2. The van der Waals surface area contributed by atoms with E-state index in [0.29, 0.717) is 12.2 Å². The molecule has 0 saturated carbocycles. The molecule has 1 aromatic rings. The van der Waals surface area contributed by atoms with Crippen molar-refractivity contribution in [1.29, 1.82) is 0 Å². The van der Waals surface area contributed by atoms with E-state index < -0.39 is 6.04 Å². The van der Waals surface area contributed by atoms with E-state index in [9.17, 15) is 4.79 Å². The van der Waals surface area contributed by atoms with Gasteiger partial charge >= 0.3 is 0 Å². The van der Waals surface area contributed by atoms with Crippen molar-refractivity contribution in [3.63, 3.8) is 0 Å². The highest BCUT2D eigenvalue weighted by atomic mass is 16.2. The van der Waals surface area contributed by atoms with Crippen LogP contribution in [0.5, 0.6) is 0 Å². The molecule has 0 aromatic carbocycles. The second-order valence-electron chi connectivity index (χ2n) is 2.47. The quantitative estimate of drug-likeness (QED) is 0.527. The van der Waals surface area contributed by atoms with Gasteiger partial charge in [0.05, 0.1) is 18.8 Å². The molecule has 0 fully saturated rings. The maximum atomic E-state index is 10.9. The number of aromatic amines is 1. The summed E-state index contributed by atoms with van der Waals surface area (Å²) in [5.41, 5.74) is 6.00. The Morgan fingerprint density at radius 3 is 3.17 bits per heavy atom. The summed E-state index contributed by atoms with van der Waals surface area (Å²) in [6.07, 6.45) is 1.54. The second kappa shape index (κ2) is 3.82. The van der Waals surface area contributed by atoms with Crippen LogP contribution in [0.15, 0.2) is 6.20 Å². The van der Waals surface area contributed by atoms with Gasteiger partial charge in [0.25, 0.3) is 0 Å². The standard InChI is InChI=1S/C6H11N5O/c1-4(7)6(12)8-2-5-3-9-11-10-5/h3-4H,2,7H2,1H3,(H,8,12)(H,9,10,11). The predicted octanol–water partition coefficient (Wildman–Crippen LogP) is -1.23. The van der Waals surface area contributed by atoms with Crippen molar-refractivity contribution < 1.29 is 4.79 Å². The highest BCUT2D eigenvalue weighted by Gasteiger charge is 2.06. The summed E-state index contributed by atoms with van der Waals surface area (Å²) in [4.78, 5) is 10.9. The Labute approximate surface area is 69.5 Å². The van der Waals surface area contributed by atoms with Crippen LogP contribution in [-0.4, -0.2) is 27.4 Å². The molecule has 1 heterocycles. The van der Waals surface area contributed by atoms with Crippen LogP contribution in [-0.2, 0) is 11.3 Å². The average Bonchev–Trinajstić information content (AvgIpc) is 2.51. The summed E-state index contributed by atoms with van der Waals surface area (Å²) in [6, 6.07) is -0.489. The number of H-pyrrole nitrogens is 1. The van der Waals surface area contributed by atoms with E-state index in [1.165, 1.54) is 0 Å². The van der Waals surface area contributed by atoms with Crippen molar-refractivity contribution >= 4 is 5.91 Å². The van der Waals surface area contributed by atoms with Crippen LogP contribution in [0.2, 0.25) is 0 Å². The molecule has 0 bridgehead atoms. The third kappa shape index (κ3) is 2.31. The molecule has 4 N–H and O–H groups in total. The summed E-state index contributed by atoms with van der Waals surface area (Å²) in [5.74, 6) is -0.196. The van der Waals surface area contributed by atoms with Crippen molar-refractivity contribution in [2.45, 2.75) is 19.5 Å². The van der Waals surface area contributed by atoms with Crippen molar-refractivity contribution in [2.24, 2.45) is 5.73 Å². The Balaban J connectivity index is 2.32. The predicted molar refractivity (Wildman–Crippen MR) is 41.9 cm³/mol. The first kappa shape index (κ1) is 8.66. The summed E-state index contributed by atoms with van der Waals surface area (Å²) < 4.78 is 0. The summed E-state index contributed by atoms with van der Waals surface area (Å²) in [5, 5.41) is 12.4. The van der Waals surface area contributed by atoms with E-state index >= 15 is 0 Å². The molecule has 0 aliphatic heterocycles. The van der Waals surface area contributed by atoms with Gasteiger partial charge < -0.3 is 11.1 Å². The van der Waals surface area contributed by atoms with E-state index in [1.54, 1.807) is 13.1 Å². The fourth-order valence-corrected chi connectivity index (χ4v) is 0.649. The van der Waals surface area contributed by atoms with E-state index in [0.717, 1.165) is 0 Å². The molecule has 0 saturated heterocycles. The number of carbonyl (C=O) groups excluding carboxylic acids is 1. The van der Waals surface area contributed by atoms with E-state index in [4.69, 9.17) is 5.73 Å². The van der Waals surface area contributed by atoms with Gasteiger partial charge in [-0.2, -0.15) is 15.4 Å². The Kier molecular flexibility index (Phi) is 2.76. The molecule has 0 spiro atoms. The zero-order valence-corrected chi connectivity index (χ0v) is 6.74.